The first kappa shape index (κ1) is 20.2. The summed E-state index contributed by atoms with van der Waals surface area (Å²) in [5.41, 5.74) is 0.214. The van der Waals surface area contributed by atoms with E-state index in [2.05, 4.69) is 4.90 Å². The van der Waals surface area contributed by atoms with Crippen LogP contribution in [-0.4, -0.2) is 53.8 Å². The molecule has 28 heavy (non-hydrogen) atoms. The Morgan fingerprint density at radius 2 is 1.86 bits per heavy atom. The van der Waals surface area contributed by atoms with Gasteiger partial charge >= 0.3 is 11.8 Å². The summed E-state index contributed by atoms with van der Waals surface area (Å²) in [5.74, 6) is 0.263. The van der Waals surface area contributed by atoms with E-state index >= 15 is 0 Å². The monoisotopic (exact) mass is 391 g/mol. The van der Waals surface area contributed by atoms with Gasteiger partial charge in [-0.3, -0.25) is 10.1 Å². The molecule has 2 fully saturated rings. The van der Waals surface area contributed by atoms with Crippen LogP contribution in [0.15, 0.2) is 18.2 Å². The molecule has 1 aromatic rings. The number of ether oxygens (including phenoxy) is 2. The van der Waals surface area contributed by atoms with E-state index in [4.69, 9.17) is 9.47 Å². The first-order chi connectivity index (χ1) is 13.1. The molecule has 2 aliphatic rings. The van der Waals surface area contributed by atoms with Crippen LogP contribution in [0, 0.1) is 10.1 Å². The average molecular weight is 391 g/mol. The number of hydrogen-bond acceptors (Lipinski definition) is 6. The lowest BCUT2D eigenvalue weighted by atomic mass is 9.85. The number of carbonyl (C=O) groups excluding carboxylic acids is 1. The molecule has 0 bridgehead atoms. The third-order valence-electron chi connectivity index (χ3n) is 5.63. The molecule has 1 spiro atoms. The van der Waals surface area contributed by atoms with Crippen molar-refractivity contribution in [3.8, 4) is 5.75 Å². The first-order valence-corrected chi connectivity index (χ1v) is 9.73. The van der Waals surface area contributed by atoms with Gasteiger partial charge in [0.15, 0.2) is 5.75 Å². The zero-order valence-electron chi connectivity index (χ0n) is 17.1. The fourth-order valence-electron chi connectivity index (χ4n) is 4.26. The number of piperidine rings is 1. The summed E-state index contributed by atoms with van der Waals surface area (Å²) >= 11 is 0. The highest BCUT2D eigenvalue weighted by Crippen LogP contribution is 2.41. The maximum Gasteiger partial charge on any atom is 0.410 e. The van der Waals surface area contributed by atoms with Crippen LogP contribution >= 0.6 is 0 Å². The highest BCUT2D eigenvalue weighted by molar-refractivity contribution is 5.70. The molecular weight excluding hydrogens is 362 g/mol. The lowest BCUT2D eigenvalue weighted by Crippen LogP contribution is -2.55. The van der Waals surface area contributed by atoms with Gasteiger partial charge in [0.1, 0.15) is 5.60 Å². The average Bonchev–Trinajstić information content (AvgIpc) is 3.03. The Labute approximate surface area is 165 Å². The predicted molar refractivity (Wildman–Crippen MR) is 106 cm³/mol. The van der Waals surface area contributed by atoms with Crippen molar-refractivity contribution >= 4 is 17.5 Å². The lowest BCUT2D eigenvalue weighted by Gasteiger charge is -2.45. The van der Waals surface area contributed by atoms with Crippen LogP contribution in [0.4, 0.5) is 16.2 Å². The van der Waals surface area contributed by atoms with E-state index in [-0.39, 0.29) is 23.1 Å². The molecule has 0 atom stereocenters. The normalized spacial score (nSPS) is 19.0. The van der Waals surface area contributed by atoms with E-state index < -0.39 is 10.5 Å². The molecular formula is C20H29N3O5. The Bertz CT molecular complexity index is 751. The van der Waals surface area contributed by atoms with Gasteiger partial charge in [0.2, 0.25) is 0 Å². The minimum Gasteiger partial charge on any atom is -0.490 e. The minimum absolute atomic E-state index is 0.0355. The number of carbonyl (C=O) groups is 1. The van der Waals surface area contributed by atoms with Crippen LogP contribution in [0.25, 0.3) is 0 Å². The summed E-state index contributed by atoms with van der Waals surface area (Å²) in [6.07, 6.45) is 3.46. The molecule has 0 N–H and O–H groups in total. The number of hydrogen-bond donors (Lipinski definition) is 0. The second kappa shape index (κ2) is 7.48. The van der Waals surface area contributed by atoms with Crippen molar-refractivity contribution in [2.24, 2.45) is 0 Å². The number of anilines is 1. The smallest absolute Gasteiger partial charge is 0.410 e. The van der Waals surface area contributed by atoms with Crippen LogP contribution in [0.3, 0.4) is 0 Å². The van der Waals surface area contributed by atoms with Gasteiger partial charge in [0.05, 0.1) is 12.0 Å². The molecule has 0 saturated carbocycles. The van der Waals surface area contributed by atoms with E-state index in [9.17, 15) is 14.9 Å². The van der Waals surface area contributed by atoms with Crippen molar-refractivity contribution < 1.29 is 19.2 Å². The van der Waals surface area contributed by atoms with E-state index in [1.165, 1.54) is 13.2 Å². The van der Waals surface area contributed by atoms with Crippen molar-refractivity contribution in [2.45, 2.75) is 57.6 Å². The zero-order chi connectivity index (χ0) is 20.5. The summed E-state index contributed by atoms with van der Waals surface area (Å²) in [5, 5.41) is 11.1. The molecule has 0 radical (unpaired) electrons. The molecule has 154 valence electrons. The van der Waals surface area contributed by atoms with Crippen LogP contribution in [0.1, 0.15) is 46.5 Å². The highest BCUT2D eigenvalue weighted by atomic mass is 16.6. The van der Waals surface area contributed by atoms with Crippen molar-refractivity contribution in [1.29, 1.82) is 0 Å². The third kappa shape index (κ3) is 4.00. The number of rotatable bonds is 3. The van der Waals surface area contributed by atoms with E-state index in [0.29, 0.717) is 0 Å². The number of nitro benzene ring substituents is 1. The van der Waals surface area contributed by atoms with E-state index in [1.54, 1.807) is 12.1 Å². The van der Waals surface area contributed by atoms with Crippen molar-refractivity contribution in [3.05, 3.63) is 28.3 Å². The number of methoxy groups -OCH3 is 1. The predicted octanol–water partition coefficient (Wildman–Crippen LogP) is 3.97. The summed E-state index contributed by atoms with van der Waals surface area (Å²) in [7, 11) is 1.44. The number of likely N-dealkylation sites (tertiary alicyclic amines) is 1. The molecule has 8 heteroatoms. The first-order valence-electron chi connectivity index (χ1n) is 9.73. The third-order valence-corrected chi connectivity index (χ3v) is 5.63. The maximum absolute atomic E-state index is 12.7. The van der Waals surface area contributed by atoms with E-state index in [0.717, 1.165) is 51.0 Å². The van der Waals surface area contributed by atoms with Gasteiger partial charge in [-0.05, 0) is 52.5 Å². The standard InChI is InChI=1S/C20H29N3O5/c1-19(2,3)28-18(24)22-11-5-8-20(22)9-12-21(13-10-20)15-6-7-16(23(25)26)17(14-15)27-4/h6-7,14H,5,8-13H2,1-4H3. The number of amides is 1. The molecule has 1 amide bonds. The Balaban J connectivity index is 1.71. The largest absolute Gasteiger partial charge is 0.490 e. The minimum atomic E-state index is -0.503. The van der Waals surface area contributed by atoms with Gasteiger partial charge in [0.25, 0.3) is 0 Å². The van der Waals surface area contributed by atoms with Crippen molar-refractivity contribution in [2.75, 3.05) is 31.6 Å². The van der Waals surface area contributed by atoms with Gasteiger partial charge in [-0.25, -0.2) is 4.79 Å². The van der Waals surface area contributed by atoms with Gasteiger partial charge in [-0.1, -0.05) is 0 Å². The Kier molecular flexibility index (Phi) is 5.41. The molecule has 2 saturated heterocycles. The lowest BCUT2D eigenvalue weighted by molar-refractivity contribution is -0.385. The molecule has 0 aromatic heterocycles. The molecule has 2 heterocycles. The van der Waals surface area contributed by atoms with Gasteiger partial charge < -0.3 is 19.3 Å². The summed E-state index contributed by atoms with van der Waals surface area (Å²) in [6.45, 7) is 7.95. The molecule has 1 aromatic carbocycles. The van der Waals surface area contributed by atoms with E-state index in [1.807, 2.05) is 25.7 Å². The fraction of sp³-hybridized carbons (Fsp3) is 0.650. The molecule has 3 rings (SSSR count). The number of nitrogens with zero attached hydrogens (tertiary/aromatic N) is 3. The summed E-state index contributed by atoms with van der Waals surface area (Å²) in [6, 6.07) is 4.97. The molecule has 8 nitrogen and oxygen atoms in total. The van der Waals surface area contributed by atoms with Crippen LogP contribution in [0.2, 0.25) is 0 Å². The molecule has 0 unspecified atom stereocenters. The second-order valence-electron chi connectivity index (χ2n) is 8.56. The fourth-order valence-corrected chi connectivity index (χ4v) is 4.26. The van der Waals surface area contributed by atoms with Crippen molar-refractivity contribution in [3.63, 3.8) is 0 Å². The second-order valence-corrected chi connectivity index (χ2v) is 8.56. The number of nitro groups is 1. The maximum atomic E-state index is 12.7. The highest BCUT2D eigenvalue weighted by Gasteiger charge is 2.46. The quantitative estimate of drug-likeness (QED) is 0.572. The molecule has 0 aliphatic carbocycles. The Hall–Kier alpha value is -2.51. The van der Waals surface area contributed by atoms with Gasteiger partial charge in [-0.15, -0.1) is 0 Å². The summed E-state index contributed by atoms with van der Waals surface area (Å²) in [4.78, 5) is 27.5. The van der Waals surface area contributed by atoms with Crippen LogP contribution in [0.5, 0.6) is 5.75 Å². The Morgan fingerprint density at radius 3 is 2.43 bits per heavy atom. The SMILES string of the molecule is COc1cc(N2CCC3(CCCN3C(=O)OC(C)(C)C)CC2)ccc1[N+](=O)[O-]. The van der Waals surface area contributed by atoms with Crippen LogP contribution < -0.4 is 9.64 Å². The zero-order valence-corrected chi connectivity index (χ0v) is 17.1. The topological polar surface area (TPSA) is 85.2 Å². The van der Waals surface area contributed by atoms with Crippen LogP contribution in [-0.2, 0) is 4.74 Å². The Morgan fingerprint density at radius 1 is 1.18 bits per heavy atom. The summed E-state index contributed by atoms with van der Waals surface area (Å²) < 4.78 is 10.8. The van der Waals surface area contributed by atoms with Gasteiger partial charge in [-0.2, -0.15) is 0 Å². The van der Waals surface area contributed by atoms with Gasteiger partial charge in [0, 0.05) is 43.0 Å². The van der Waals surface area contributed by atoms with Crippen molar-refractivity contribution in [1.82, 2.24) is 4.90 Å². The molecule has 2 aliphatic heterocycles. The number of benzene rings is 1.